The molecule has 0 radical (unpaired) electrons. The molecule has 0 unspecified atom stereocenters. The summed E-state index contributed by atoms with van der Waals surface area (Å²) < 4.78 is 0. The zero-order valence-electron chi connectivity index (χ0n) is 14.1. The third-order valence-electron chi connectivity index (χ3n) is 5.13. The highest BCUT2D eigenvalue weighted by molar-refractivity contribution is 6.28. The second kappa shape index (κ2) is 5.82. The summed E-state index contributed by atoms with van der Waals surface area (Å²) in [4.78, 5) is 11.0. The van der Waals surface area contributed by atoms with Gasteiger partial charge in [-0.05, 0) is 43.4 Å². The van der Waals surface area contributed by atoms with Gasteiger partial charge in [0.2, 0.25) is 0 Å². The van der Waals surface area contributed by atoms with Crippen LogP contribution in [0, 0.1) is 0 Å². The smallest absolute Gasteiger partial charge is 0.150 e. The van der Waals surface area contributed by atoms with E-state index in [1.165, 1.54) is 37.9 Å². The van der Waals surface area contributed by atoms with E-state index >= 15 is 0 Å². The number of hydrogen-bond acceptors (Lipinski definition) is 1. The van der Waals surface area contributed by atoms with E-state index in [9.17, 15) is 4.79 Å². The Kier molecular flexibility index (Phi) is 3.32. The monoisotopic (exact) mass is 332 g/mol. The molecule has 0 N–H and O–H groups in total. The average Bonchev–Trinajstić information content (AvgIpc) is 2.73. The quantitative estimate of drug-likeness (QED) is 0.262. The van der Waals surface area contributed by atoms with Crippen molar-refractivity contribution in [1.82, 2.24) is 0 Å². The van der Waals surface area contributed by atoms with Crippen molar-refractivity contribution in [2.24, 2.45) is 0 Å². The van der Waals surface area contributed by atoms with E-state index < -0.39 is 0 Å². The van der Waals surface area contributed by atoms with Gasteiger partial charge in [0, 0.05) is 5.56 Å². The van der Waals surface area contributed by atoms with Gasteiger partial charge >= 0.3 is 0 Å². The van der Waals surface area contributed by atoms with Crippen LogP contribution in [0.2, 0.25) is 0 Å². The van der Waals surface area contributed by atoms with E-state index in [1.54, 1.807) is 0 Å². The van der Waals surface area contributed by atoms with E-state index in [4.69, 9.17) is 0 Å². The highest BCUT2D eigenvalue weighted by Crippen LogP contribution is 2.39. The minimum atomic E-state index is 0.698. The van der Waals surface area contributed by atoms with E-state index in [0.29, 0.717) is 5.56 Å². The molecule has 0 aromatic heterocycles. The fourth-order valence-corrected chi connectivity index (χ4v) is 3.94. The van der Waals surface area contributed by atoms with E-state index in [2.05, 4.69) is 66.7 Å². The van der Waals surface area contributed by atoms with Gasteiger partial charge in [0.25, 0.3) is 0 Å². The van der Waals surface area contributed by atoms with Crippen molar-refractivity contribution in [3.8, 4) is 11.1 Å². The van der Waals surface area contributed by atoms with Crippen molar-refractivity contribution in [3.63, 3.8) is 0 Å². The van der Waals surface area contributed by atoms with Crippen LogP contribution in [0.5, 0.6) is 0 Å². The molecule has 0 aliphatic rings. The van der Waals surface area contributed by atoms with E-state index in [0.717, 1.165) is 11.8 Å². The Hall–Kier alpha value is -3.45. The number of carbonyl (C=O) groups is 1. The molecule has 26 heavy (non-hydrogen) atoms. The first-order valence-electron chi connectivity index (χ1n) is 8.74. The van der Waals surface area contributed by atoms with Crippen LogP contribution in [-0.4, -0.2) is 6.29 Å². The van der Waals surface area contributed by atoms with Crippen LogP contribution in [0.25, 0.3) is 43.4 Å². The molecular formula is C25H16O. The number of aldehydes is 1. The number of hydrogen-bond donors (Lipinski definition) is 0. The van der Waals surface area contributed by atoms with Crippen LogP contribution >= 0.6 is 0 Å². The first kappa shape index (κ1) is 14.9. The zero-order valence-corrected chi connectivity index (χ0v) is 14.1. The fourth-order valence-electron chi connectivity index (χ4n) is 3.94. The summed E-state index contributed by atoms with van der Waals surface area (Å²) in [5.74, 6) is 0. The van der Waals surface area contributed by atoms with Crippen molar-refractivity contribution in [3.05, 3.63) is 96.6 Å². The lowest BCUT2D eigenvalue weighted by atomic mass is 9.89. The SMILES string of the molecule is O=Cc1ccc(-c2cccc3c4ccccc4c4ccccc4c23)cc1. The minimum absolute atomic E-state index is 0.698. The van der Waals surface area contributed by atoms with Gasteiger partial charge in [0.15, 0.2) is 0 Å². The van der Waals surface area contributed by atoms with Crippen molar-refractivity contribution in [2.75, 3.05) is 0 Å². The molecule has 0 spiro atoms. The lowest BCUT2D eigenvalue weighted by Crippen LogP contribution is -1.87. The highest BCUT2D eigenvalue weighted by Gasteiger charge is 2.12. The summed E-state index contributed by atoms with van der Waals surface area (Å²) in [6.07, 6.45) is 0.885. The molecule has 5 rings (SSSR count). The third kappa shape index (κ3) is 2.14. The number of rotatable bonds is 2. The van der Waals surface area contributed by atoms with Crippen molar-refractivity contribution >= 4 is 38.6 Å². The van der Waals surface area contributed by atoms with Crippen LogP contribution in [-0.2, 0) is 0 Å². The molecule has 1 nitrogen and oxygen atoms in total. The van der Waals surface area contributed by atoms with Crippen LogP contribution in [0.15, 0.2) is 91.0 Å². The van der Waals surface area contributed by atoms with Crippen molar-refractivity contribution in [2.45, 2.75) is 0 Å². The molecule has 5 aromatic carbocycles. The lowest BCUT2D eigenvalue weighted by Gasteiger charge is -2.14. The normalized spacial score (nSPS) is 11.2. The minimum Gasteiger partial charge on any atom is -0.298 e. The van der Waals surface area contributed by atoms with Crippen molar-refractivity contribution in [1.29, 1.82) is 0 Å². The van der Waals surface area contributed by atoms with Gasteiger partial charge in [-0.2, -0.15) is 0 Å². The summed E-state index contributed by atoms with van der Waals surface area (Å²) in [5.41, 5.74) is 3.02. The first-order valence-corrected chi connectivity index (χ1v) is 8.74. The predicted octanol–water partition coefficient (Wildman–Crippen LogP) is 6.63. The Labute approximate surface area is 151 Å². The average molecular weight is 332 g/mol. The van der Waals surface area contributed by atoms with Crippen LogP contribution in [0.4, 0.5) is 0 Å². The summed E-state index contributed by atoms with van der Waals surface area (Å²) in [5, 5.41) is 7.61. The van der Waals surface area contributed by atoms with Crippen molar-refractivity contribution < 1.29 is 4.79 Å². The Bertz CT molecular complexity index is 1240. The topological polar surface area (TPSA) is 17.1 Å². The molecule has 0 bridgehead atoms. The molecule has 122 valence electrons. The predicted molar refractivity (Wildman–Crippen MR) is 110 cm³/mol. The summed E-state index contributed by atoms with van der Waals surface area (Å²) in [6, 6.07) is 31.5. The van der Waals surface area contributed by atoms with Gasteiger partial charge in [-0.25, -0.2) is 0 Å². The zero-order chi connectivity index (χ0) is 17.5. The van der Waals surface area contributed by atoms with Crippen LogP contribution < -0.4 is 0 Å². The third-order valence-corrected chi connectivity index (χ3v) is 5.13. The van der Waals surface area contributed by atoms with Gasteiger partial charge < -0.3 is 0 Å². The maximum Gasteiger partial charge on any atom is 0.150 e. The van der Waals surface area contributed by atoms with Gasteiger partial charge in [-0.3, -0.25) is 4.79 Å². The van der Waals surface area contributed by atoms with Crippen LogP contribution in [0.1, 0.15) is 10.4 Å². The number of carbonyl (C=O) groups excluding carboxylic acids is 1. The Morgan fingerprint density at radius 3 is 1.58 bits per heavy atom. The summed E-state index contributed by atoms with van der Waals surface area (Å²) in [6.45, 7) is 0. The summed E-state index contributed by atoms with van der Waals surface area (Å²) >= 11 is 0. The molecule has 0 atom stereocenters. The Morgan fingerprint density at radius 2 is 1.00 bits per heavy atom. The molecule has 0 aliphatic carbocycles. The lowest BCUT2D eigenvalue weighted by molar-refractivity contribution is 0.112. The molecular weight excluding hydrogens is 316 g/mol. The second-order valence-corrected chi connectivity index (χ2v) is 6.56. The number of fused-ring (bicyclic) bond motifs is 6. The maximum atomic E-state index is 11.0. The standard InChI is InChI=1S/C25H16O/c26-16-17-12-14-18(15-13-17)19-10-5-11-24-22-7-2-1-6-20(22)21-8-3-4-9-23(21)25(19)24/h1-16H. The maximum absolute atomic E-state index is 11.0. The largest absolute Gasteiger partial charge is 0.298 e. The van der Waals surface area contributed by atoms with E-state index in [-0.39, 0.29) is 0 Å². The second-order valence-electron chi connectivity index (χ2n) is 6.56. The first-order chi connectivity index (χ1) is 12.9. The molecule has 0 fully saturated rings. The number of benzene rings is 5. The molecule has 0 saturated heterocycles. The molecule has 1 heteroatoms. The molecule has 0 heterocycles. The summed E-state index contributed by atoms with van der Waals surface area (Å²) in [7, 11) is 0. The molecule has 5 aromatic rings. The van der Waals surface area contributed by atoms with Gasteiger partial charge in [-0.1, -0.05) is 91.0 Å². The molecule has 0 aliphatic heterocycles. The highest BCUT2D eigenvalue weighted by atomic mass is 16.1. The Balaban J connectivity index is 1.98. The van der Waals surface area contributed by atoms with Gasteiger partial charge in [0.05, 0.1) is 0 Å². The Morgan fingerprint density at radius 1 is 0.500 bits per heavy atom. The van der Waals surface area contributed by atoms with Gasteiger partial charge in [-0.15, -0.1) is 0 Å². The fraction of sp³-hybridized carbons (Fsp3) is 0. The van der Waals surface area contributed by atoms with Gasteiger partial charge in [0.1, 0.15) is 6.29 Å². The van der Waals surface area contributed by atoms with Crippen LogP contribution in [0.3, 0.4) is 0 Å². The molecule has 0 saturated carbocycles. The van der Waals surface area contributed by atoms with E-state index in [1.807, 2.05) is 24.3 Å². The molecule has 0 amide bonds.